The van der Waals surface area contributed by atoms with Crippen molar-refractivity contribution in [2.75, 3.05) is 13.1 Å². The lowest BCUT2D eigenvalue weighted by Crippen LogP contribution is -2.48. The number of piperidine rings is 1. The van der Waals surface area contributed by atoms with E-state index in [1.54, 1.807) is 5.57 Å². The number of rotatable bonds is 2. The van der Waals surface area contributed by atoms with Gasteiger partial charge in [-0.2, -0.15) is 0 Å². The molecule has 0 aromatic heterocycles. The lowest BCUT2D eigenvalue weighted by Gasteiger charge is -2.54. The van der Waals surface area contributed by atoms with E-state index in [0.717, 1.165) is 49.5 Å². The Kier molecular flexibility index (Phi) is 5.93. The Balaban J connectivity index is 1.19. The van der Waals surface area contributed by atoms with Crippen molar-refractivity contribution >= 4 is 5.97 Å². The number of nitrogens with one attached hydrogen (secondary N) is 1. The van der Waals surface area contributed by atoms with E-state index in [1.807, 2.05) is 5.57 Å². The molecule has 0 unspecified atom stereocenters. The molecule has 0 aromatic rings. The van der Waals surface area contributed by atoms with Crippen molar-refractivity contribution in [3.8, 4) is 0 Å². The summed E-state index contributed by atoms with van der Waals surface area (Å²) in [6.45, 7) is 8.53. The molecule has 34 heavy (non-hydrogen) atoms. The van der Waals surface area contributed by atoms with Gasteiger partial charge in [0.1, 0.15) is 6.10 Å². The third-order valence-electron chi connectivity index (χ3n) is 11.4. The van der Waals surface area contributed by atoms with E-state index in [0.29, 0.717) is 23.5 Å². The first-order valence-corrected chi connectivity index (χ1v) is 14.3. The summed E-state index contributed by atoms with van der Waals surface area (Å²) in [4.78, 5) is 11.8. The van der Waals surface area contributed by atoms with E-state index in [4.69, 9.17) is 15.2 Å². The van der Waals surface area contributed by atoms with Crippen LogP contribution in [-0.4, -0.2) is 42.9 Å². The van der Waals surface area contributed by atoms with Gasteiger partial charge in [-0.15, -0.1) is 0 Å². The van der Waals surface area contributed by atoms with Crippen LogP contribution in [0, 0.1) is 35.0 Å². The lowest BCUT2D eigenvalue weighted by atomic mass is 9.52. The minimum atomic E-state index is -0.237. The van der Waals surface area contributed by atoms with Gasteiger partial charge < -0.3 is 20.5 Å². The van der Waals surface area contributed by atoms with Gasteiger partial charge in [-0.1, -0.05) is 25.0 Å². The number of ether oxygens (including phenoxy) is 2. The molecule has 5 nitrogen and oxygen atoms in total. The van der Waals surface area contributed by atoms with Gasteiger partial charge in [0.15, 0.2) is 0 Å². The Hall–Kier alpha value is -0.910. The van der Waals surface area contributed by atoms with Crippen LogP contribution in [0.25, 0.3) is 0 Å². The fourth-order valence-corrected chi connectivity index (χ4v) is 9.74. The van der Waals surface area contributed by atoms with Crippen molar-refractivity contribution in [3.05, 3.63) is 11.1 Å². The maximum Gasteiger partial charge on any atom is 0.319 e. The van der Waals surface area contributed by atoms with Gasteiger partial charge in [0.05, 0.1) is 18.2 Å². The summed E-state index contributed by atoms with van der Waals surface area (Å²) >= 11 is 0. The van der Waals surface area contributed by atoms with Crippen LogP contribution in [0.2, 0.25) is 0 Å². The van der Waals surface area contributed by atoms with E-state index in [1.165, 1.54) is 51.4 Å². The maximum atomic E-state index is 11.8. The van der Waals surface area contributed by atoms with Crippen LogP contribution < -0.4 is 11.1 Å². The van der Waals surface area contributed by atoms with Crippen LogP contribution in [0.1, 0.15) is 91.4 Å². The van der Waals surface area contributed by atoms with Crippen molar-refractivity contribution < 1.29 is 14.3 Å². The SMILES string of the molecule is CC1=C2C[C@H]3[C@@H](CC[C@@H]4C[C@@H](OC(=O)CN)CC[C@@]43C)[C@@H]2CC[C@]2(C1)C[C@@H]1NC[C@@H](C)C[C@H]1O2. The Labute approximate surface area is 206 Å². The Morgan fingerprint density at radius 1 is 1.21 bits per heavy atom. The maximum absolute atomic E-state index is 11.8. The molecule has 1 spiro atoms. The molecule has 4 aliphatic carbocycles. The molecule has 10 atom stereocenters. The van der Waals surface area contributed by atoms with E-state index < -0.39 is 0 Å². The quantitative estimate of drug-likeness (QED) is 0.451. The van der Waals surface area contributed by atoms with Gasteiger partial charge >= 0.3 is 5.97 Å². The van der Waals surface area contributed by atoms with Crippen molar-refractivity contribution in [2.24, 2.45) is 40.7 Å². The molecule has 0 radical (unpaired) electrons. The van der Waals surface area contributed by atoms with E-state index in [-0.39, 0.29) is 24.2 Å². The smallest absolute Gasteiger partial charge is 0.319 e. The molecule has 6 aliphatic rings. The Bertz CT molecular complexity index is 856. The standard InChI is InChI=1S/C29H46N2O3/c1-17-10-26-25(31-16-17)14-29(34-26)9-7-21-22-5-4-19-11-20(33-27(32)15-30)6-8-28(19,3)24(22)12-23(21)18(2)13-29/h17,19-22,24-26,31H,4-16,30H2,1-3H3/t17-,19+,20-,21-,22-,24-,25-,26+,28-,29-/m0/s1. The highest BCUT2D eigenvalue weighted by Crippen LogP contribution is 2.65. The predicted octanol–water partition coefficient (Wildman–Crippen LogP) is 4.74. The molecule has 0 amide bonds. The minimum absolute atomic E-state index is 0.0000319. The number of hydrogen-bond donors (Lipinski definition) is 2. The number of esters is 1. The molecule has 6 rings (SSSR count). The summed E-state index contributed by atoms with van der Waals surface area (Å²) in [6.07, 6.45) is 13.8. The molecule has 3 saturated carbocycles. The number of nitrogens with two attached hydrogens (primary N) is 1. The fraction of sp³-hybridized carbons (Fsp3) is 0.897. The number of hydrogen-bond acceptors (Lipinski definition) is 5. The summed E-state index contributed by atoms with van der Waals surface area (Å²) in [7, 11) is 0. The van der Waals surface area contributed by atoms with Gasteiger partial charge in [0, 0.05) is 6.04 Å². The summed E-state index contributed by atoms with van der Waals surface area (Å²) in [6, 6.07) is 0.567. The molecule has 3 N–H and O–H groups in total. The molecule has 2 heterocycles. The molecule has 190 valence electrons. The monoisotopic (exact) mass is 470 g/mol. The number of carbonyl (C=O) groups is 1. The highest BCUT2D eigenvalue weighted by Gasteiger charge is 2.58. The third-order valence-corrected chi connectivity index (χ3v) is 11.4. The zero-order valence-corrected chi connectivity index (χ0v) is 21.6. The number of allylic oxidation sites excluding steroid dienone is 1. The zero-order chi connectivity index (χ0) is 23.7. The molecule has 2 aliphatic heterocycles. The highest BCUT2D eigenvalue weighted by molar-refractivity contribution is 5.71. The molecule has 5 fully saturated rings. The Morgan fingerprint density at radius 3 is 2.88 bits per heavy atom. The summed E-state index contributed by atoms with van der Waals surface area (Å²) in [5.74, 6) is 3.59. The first-order chi connectivity index (χ1) is 16.3. The predicted molar refractivity (Wildman–Crippen MR) is 133 cm³/mol. The second-order valence-electron chi connectivity index (χ2n) is 13.4. The number of carbonyl (C=O) groups excluding carboxylic acids is 1. The molecular weight excluding hydrogens is 424 g/mol. The van der Waals surface area contributed by atoms with Crippen LogP contribution >= 0.6 is 0 Å². The van der Waals surface area contributed by atoms with Crippen LogP contribution in [0.15, 0.2) is 11.1 Å². The fourth-order valence-electron chi connectivity index (χ4n) is 9.74. The average Bonchev–Trinajstić information content (AvgIpc) is 3.32. The first kappa shape index (κ1) is 23.5. The van der Waals surface area contributed by atoms with Gasteiger partial charge in [0.25, 0.3) is 0 Å². The molecule has 0 aromatic carbocycles. The summed E-state index contributed by atoms with van der Waals surface area (Å²) < 4.78 is 12.6. The molecule has 0 bridgehead atoms. The van der Waals surface area contributed by atoms with Gasteiger partial charge in [-0.05, 0) is 119 Å². The van der Waals surface area contributed by atoms with Crippen LogP contribution in [-0.2, 0) is 14.3 Å². The first-order valence-electron chi connectivity index (χ1n) is 14.3. The second-order valence-corrected chi connectivity index (χ2v) is 13.4. The summed E-state index contributed by atoms with van der Waals surface area (Å²) in [5.41, 5.74) is 9.44. The summed E-state index contributed by atoms with van der Waals surface area (Å²) in [5, 5.41) is 3.81. The third kappa shape index (κ3) is 3.80. The largest absolute Gasteiger partial charge is 0.461 e. The normalized spacial score (nSPS) is 50.2. The van der Waals surface area contributed by atoms with Gasteiger partial charge in [-0.3, -0.25) is 4.79 Å². The number of fused-ring (bicyclic) bond motifs is 6. The molecular formula is C29H46N2O3. The average molecular weight is 471 g/mol. The van der Waals surface area contributed by atoms with Crippen molar-refractivity contribution in [1.82, 2.24) is 5.32 Å². The van der Waals surface area contributed by atoms with Crippen LogP contribution in [0.4, 0.5) is 0 Å². The lowest BCUT2D eigenvalue weighted by molar-refractivity contribution is -0.155. The van der Waals surface area contributed by atoms with Crippen LogP contribution in [0.3, 0.4) is 0 Å². The Morgan fingerprint density at radius 2 is 2.06 bits per heavy atom. The van der Waals surface area contributed by atoms with Crippen molar-refractivity contribution in [1.29, 1.82) is 0 Å². The zero-order valence-electron chi connectivity index (χ0n) is 21.6. The topological polar surface area (TPSA) is 73.6 Å². The van der Waals surface area contributed by atoms with E-state index in [2.05, 4.69) is 26.1 Å². The minimum Gasteiger partial charge on any atom is -0.461 e. The molecule has 5 heteroatoms. The van der Waals surface area contributed by atoms with Gasteiger partial charge in [0.2, 0.25) is 0 Å². The highest BCUT2D eigenvalue weighted by atomic mass is 16.5. The van der Waals surface area contributed by atoms with Crippen LogP contribution in [0.5, 0.6) is 0 Å². The van der Waals surface area contributed by atoms with Gasteiger partial charge in [-0.25, -0.2) is 0 Å². The molecule has 2 saturated heterocycles. The van der Waals surface area contributed by atoms with E-state index >= 15 is 0 Å². The van der Waals surface area contributed by atoms with Crippen molar-refractivity contribution in [3.63, 3.8) is 0 Å². The van der Waals surface area contributed by atoms with Crippen molar-refractivity contribution in [2.45, 2.75) is 115 Å². The van der Waals surface area contributed by atoms with E-state index in [9.17, 15) is 4.79 Å². The second kappa shape index (κ2) is 8.59.